The maximum Gasteiger partial charge on any atom is 0.325 e. The van der Waals surface area contributed by atoms with Gasteiger partial charge in [0.15, 0.2) is 0 Å². The Morgan fingerprint density at radius 3 is 2.21 bits per heavy atom. The lowest BCUT2D eigenvalue weighted by atomic mass is 9.88. The number of hydrogen-bond acceptors (Lipinski definition) is 4. The van der Waals surface area contributed by atoms with E-state index >= 15 is 0 Å². The molecule has 1 amide bonds. The molecule has 110 valence electrons. The Labute approximate surface area is 115 Å². The summed E-state index contributed by atoms with van der Waals surface area (Å²) in [5, 5.41) is 0. The number of amides is 1. The highest BCUT2D eigenvalue weighted by Gasteiger charge is 2.43. The maximum absolute atomic E-state index is 12.5. The Bertz CT molecular complexity index is 331. The van der Waals surface area contributed by atoms with Gasteiger partial charge in [0.05, 0.1) is 24.7 Å². The van der Waals surface area contributed by atoms with E-state index in [1.54, 1.807) is 11.8 Å². The molecule has 1 aliphatic rings. The van der Waals surface area contributed by atoms with Crippen LogP contribution in [-0.4, -0.2) is 48.7 Å². The van der Waals surface area contributed by atoms with Gasteiger partial charge in [-0.25, -0.2) is 0 Å². The molecule has 0 bridgehead atoms. The topological polar surface area (TPSA) is 55.8 Å². The van der Waals surface area contributed by atoms with E-state index in [0.29, 0.717) is 13.2 Å². The highest BCUT2D eigenvalue weighted by molar-refractivity contribution is 5.84. The minimum Gasteiger partial charge on any atom is -0.465 e. The first-order valence-electron chi connectivity index (χ1n) is 7.02. The Kier molecular flexibility index (Phi) is 5.79. The summed E-state index contributed by atoms with van der Waals surface area (Å²) in [6, 6.07) is 0. The van der Waals surface area contributed by atoms with Crippen LogP contribution >= 0.6 is 0 Å². The zero-order valence-electron chi connectivity index (χ0n) is 12.5. The zero-order chi connectivity index (χ0) is 14.6. The number of nitrogens with zero attached hydrogens (tertiary/aromatic N) is 1. The number of carbonyl (C=O) groups excluding carboxylic acids is 2. The summed E-state index contributed by atoms with van der Waals surface area (Å²) < 4.78 is 10.6. The maximum atomic E-state index is 12.5. The summed E-state index contributed by atoms with van der Waals surface area (Å²) in [5.74, 6) is -0.381. The van der Waals surface area contributed by atoms with Gasteiger partial charge in [-0.05, 0) is 33.6 Å². The Morgan fingerprint density at radius 2 is 1.79 bits per heavy atom. The summed E-state index contributed by atoms with van der Waals surface area (Å²) in [5.41, 5.74) is 0. The minimum atomic E-state index is -0.357. The molecule has 1 saturated heterocycles. The van der Waals surface area contributed by atoms with Gasteiger partial charge >= 0.3 is 5.97 Å². The van der Waals surface area contributed by atoms with Crippen LogP contribution in [0.15, 0.2) is 0 Å². The fraction of sp³-hybridized carbons (Fsp3) is 0.857. The second kappa shape index (κ2) is 6.89. The number of hydrogen-bond donors (Lipinski definition) is 0. The van der Waals surface area contributed by atoms with E-state index in [2.05, 4.69) is 0 Å². The summed E-state index contributed by atoms with van der Waals surface area (Å²) in [6.45, 7) is 10.4. The SMILES string of the molecule is CCOC(=O)CN(CC)C(=O)C1C(C)OC(C)C1C. The first kappa shape index (κ1) is 16.0. The summed E-state index contributed by atoms with van der Waals surface area (Å²) in [6.07, 6.45) is -0.0287. The normalized spacial score (nSPS) is 30.2. The van der Waals surface area contributed by atoms with Crippen molar-refractivity contribution in [3.05, 3.63) is 0 Å². The van der Waals surface area contributed by atoms with E-state index in [4.69, 9.17) is 9.47 Å². The monoisotopic (exact) mass is 271 g/mol. The average molecular weight is 271 g/mol. The molecule has 1 aliphatic heterocycles. The minimum absolute atomic E-state index is 0.0140. The number of likely N-dealkylation sites (N-methyl/N-ethyl adjacent to an activating group) is 1. The van der Waals surface area contributed by atoms with E-state index in [0.717, 1.165) is 0 Å². The molecule has 1 rings (SSSR count). The third-order valence-corrected chi connectivity index (χ3v) is 3.85. The number of carbonyl (C=O) groups is 2. The third-order valence-electron chi connectivity index (χ3n) is 3.85. The van der Waals surface area contributed by atoms with Crippen LogP contribution < -0.4 is 0 Å². The molecule has 0 N–H and O–H groups in total. The summed E-state index contributed by atoms with van der Waals surface area (Å²) in [4.78, 5) is 25.6. The Balaban J connectivity index is 2.70. The lowest BCUT2D eigenvalue weighted by molar-refractivity contribution is -0.151. The van der Waals surface area contributed by atoms with E-state index in [-0.39, 0.29) is 42.5 Å². The van der Waals surface area contributed by atoms with Gasteiger partial charge in [0, 0.05) is 6.54 Å². The summed E-state index contributed by atoms with van der Waals surface area (Å²) >= 11 is 0. The summed E-state index contributed by atoms with van der Waals surface area (Å²) in [7, 11) is 0. The Hall–Kier alpha value is -1.10. The number of rotatable bonds is 5. The molecule has 0 aromatic carbocycles. The zero-order valence-corrected chi connectivity index (χ0v) is 12.5. The highest BCUT2D eigenvalue weighted by Crippen LogP contribution is 2.33. The van der Waals surface area contributed by atoms with Crippen molar-refractivity contribution in [3.63, 3.8) is 0 Å². The van der Waals surface area contributed by atoms with Crippen molar-refractivity contribution < 1.29 is 19.1 Å². The lowest BCUT2D eigenvalue weighted by Gasteiger charge is -2.26. The van der Waals surface area contributed by atoms with Gasteiger partial charge in [0.2, 0.25) is 5.91 Å². The largest absolute Gasteiger partial charge is 0.465 e. The second-order valence-electron chi connectivity index (χ2n) is 5.09. The van der Waals surface area contributed by atoms with Gasteiger partial charge in [-0.3, -0.25) is 9.59 Å². The molecular formula is C14H25NO4. The highest BCUT2D eigenvalue weighted by atomic mass is 16.5. The first-order chi connectivity index (χ1) is 8.92. The quantitative estimate of drug-likeness (QED) is 0.710. The fourth-order valence-corrected chi connectivity index (χ4v) is 2.61. The molecule has 5 heteroatoms. The smallest absolute Gasteiger partial charge is 0.325 e. The number of ether oxygens (including phenoxy) is 2. The van der Waals surface area contributed by atoms with E-state index < -0.39 is 0 Å². The molecule has 0 aromatic rings. The van der Waals surface area contributed by atoms with Gasteiger partial charge < -0.3 is 14.4 Å². The molecule has 0 radical (unpaired) electrons. The van der Waals surface area contributed by atoms with Crippen molar-refractivity contribution in [3.8, 4) is 0 Å². The molecule has 0 saturated carbocycles. The van der Waals surface area contributed by atoms with Crippen LogP contribution in [0.4, 0.5) is 0 Å². The van der Waals surface area contributed by atoms with Crippen LogP contribution in [0.1, 0.15) is 34.6 Å². The molecule has 0 aromatic heterocycles. The van der Waals surface area contributed by atoms with Crippen molar-refractivity contribution >= 4 is 11.9 Å². The van der Waals surface area contributed by atoms with Gasteiger partial charge in [0.1, 0.15) is 6.54 Å². The van der Waals surface area contributed by atoms with E-state index in [1.807, 2.05) is 27.7 Å². The molecule has 5 nitrogen and oxygen atoms in total. The Morgan fingerprint density at radius 1 is 1.16 bits per heavy atom. The van der Waals surface area contributed by atoms with Crippen LogP contribution in [0, 0.1) is 11.8 Å². The standard InChI is InChI=1S/C14H25NO4/c1-6-15(8-12(16)18-7-2)14(17)13-9(3)10(4)19-11(13)5/h9-11,13H,6-8H2,1-5H3. The van der Waals surface area contributed by atoms with Crippen molar-refractivity contribution in [1.29, 1.82) is 0 Å². The molecule has 19 heavy (non-hydrogen) atoms. The van der Waals surface area contributed by atoms with Gasteiger partial charge in [-0.2, -0.15) is 0 Å². The van der Waals surface area contributed by atoms with Crippen molar-refractivity contribution in [2.75, 3.05) is 19.7 Å². The van der Waals surface area contributed by atoms with Gasteiger partial charge in [-0.1, -0.05) is 6.92 Å². The predicted molar refractivity (Wildman–Crippen MR) is 71.6 cm³/mol. The van der Waals surface area contributed by atoms with Crippen LogP contribution in [0.5, 0.6) is 0 Å². The molecule has 0 aliphatic carbocycles. The number of esters is 1. The van der Waals surface area contributed by atoms with Crippen molar-refractivity contribution in [1.82, 2.24) is 4.90 Å². The van der Waals surface area contributed by atoms with Crippen molar-refractivity contribution in [2.45, 2.75) is 46.8 Å². The van der Waals surface area contributed by atoms with E-state index in [1.165, 1.54) is 0 Å². The fourth-order valence-electron chi connectivity index (χ4n) is 2.61. The van der Waals surface area contributed by atoms with Crippen molar-refractivity contribution in [2.24, 2.45) is 11.8 Å². The van der Waals surface area contributed by atoms with Crippen LogP contribution in [0.3, 0.4) is 0 Å². The molecule has 4 unspecified atom stereocenters. The molecule has 1 heterocycles. The third kappa shape index (κ3) is 3.69. The molecule has 4 atom stereocenters. The predicted octanol–water partition coefficient (Wildman–Crippen LogP) is 1.46. The van der Waals surface area contributed by atoms with Gasteiger partial charge in [-0.15, -0.1) is 0 Å². The first-order valence-corrected chi connectivity index (χ1v) is 7.02. The van der Waals surface area contributed by atoms with Gasteiger partial charge in [0.25, 0.3) is 0 Å². The lowest BCUT2D eigenvalue weighted by Crippen LogP contribution is -2.43. The van der Waals surface area contributed by atoms with Crippen LogP contribution in [0.2, 0.25) is 0 Å². The molecular weight excluding hydrogens is 246 g/mol. The average Bonchev–Trinajstić information content (AvgIpc) is 2.60. The second-order valence-corrected chi connectivity index (χ2v) is 5.09. The molecule has 1 fully saturated rings. The molecule has 0 spiro atoms. The van der Waals surface area contributed by atoms with E-state index in [9.17, 15) is 9.59 Å². The van der Waals surface area contributed by atoms with Crippen LogP contribution in [-0.2, 0) is 19.1 Å². The van der Waals surface area contributed by atoms with Crippen LogP contribution in [0.25, 0.3) is 0 Å².